The van der Waals surface area contributed by atoms with Gasteiger partial charge < -0.3 is 0 Å². The minimum atomic E-state index is -0.461. The molecular formula is C10H8N2O2. The van der Waals surface area contributed by atoms with Crippen LogP contribution < -0.4 is 0 Å². The smallest absolute Gasteiger partial charge is 0.258 e. The van der Waals surface area contributed by atoms with Crippen molar-refractivity contribution in [3.05, 3.63) is 57.4 Å². The molecule has 0 spiro atoms. The van der Waals surface area contributed by atoms with Crippen LogP contribution in [0, 0.1) is 16.7 Å². The molecule has 0 N–H and O–H groups in total. The maximum atomic E-state index is 10.4. The number of hydrogen-bond donors (Lipinski definition) is 0. The Hall–Kier alpha value is -2.15. The summed E-state index contributed by atoms with van der Waals surface area (Å²) in [6.07, 6.45) is 1.67. The molecule has 70 valence electrons. The lowest BCUT2D eigenvalue weighted by Gasteiger charge is -1.96. The number of hydrogen-bond acceptors (Lipinski definition) is 2. The number of allylic oxidation sites excluding steroid dienone is 1. The van der Waals surface area contributed by atoms with Crippen LogP contribution in [0.3, 0.4) is 0 Å². The Morgan fingerprint density at radius 1 is 1.50 bits per heavy atom. The van der Waals surface area contributed by atoms with Gasteiger partial charge in [-0.2, -0.15) is 0 Å². The van der Waals surface area contributed by atoms with Crippen molar-refractivity contribution in [2.75, 3.05) is 0 Å². The molecule has 0 aromatic heterocycles. The first kappa shape index (κ1) is 9.93. The molecular weight excluding hydrogens is 180 g/mol. The summed E-state index contributed by atoms with van der Waals surface area (Å²) >= 11 is 0. The fourth-order valence-electron chi connectivity index (χ4n) is 1.05. The molecule has 4 nitrogen and oxygen atoms in total. The van der Waals surface area contributed by atoms with E-state index < -0.39 is 4.92 Å². The van der Waals surface area contributed by atoms with E-state index in [9.17, 15) is 10.1 Å². The molecule has 4 heteroatoms. The van der Waals surface area contributed by atoms with Crippen molar-refractivity contribution in [2.45, 2.75) is 6.92 Å². The van der Waals surface area contributed by atoms with Crippen LogP contribution in [-0.4, -0.2) is 4.92 Å². The predicted molar refractivity (Wildman–Crippen MR) is 53.3 cm³/mol. The van der Waals surface area contributed by atoms with Gasteiger partial charge in [-0.15, -0.1) is 0 Å². The summed E-state index contributed by atoms with van der Waals surface area (Å²) in [5, 5.41) is 10.4. The van der Waals surface area contributed by atoms with Crippen LogP contribution in [0.25, 0.3) is 10.5 Å². The number of rotatable bonds is 2. The number of nitro groups is 1. The molecule has 0 aliphatic carbocycles. The molecule has 0 unspecified atom stereocenters. The summed E-state index contributed by atoms with van der Waals surface area (Å²) in [7, 11) is 0. The van der Waals surface area contributed by atoms with Crippen LogP contribution in [0.1, 0.15) is 12.5 Å². The summed E-state index contributed by atoms with van der Waals surface area (Å²) in [5.41, 5.74) is 1.24. The molecule has 1 aromatic rings. The third-order valence-corrected chi connectivity index (χ3v) is 1.77. The van der Waals surface area contributed by atoms with Crippen LogP contribution >= 0.6 is 0 Å². The number of benzene rings is 1. The summed E-state index contributed by atoms with van der Waals surface area (Å²) in [6, 6.07) is 5.94. The molecule has 0 aliphatic rings. The first-order chi connectivity index (χ1) is 6.69. The third-order valence-electron chi connectivity index (χ3n) is 1.77. The topological polar surface area (TPSA) is 47.5 Å². The van der Waals surface area contributed by atoms with E-state index in [0.717, 1.165) is 0 Å². The lowest BCUT2D eigenvalue weighted by molar-refractivity contribution is -0.384. The fourth-order valence-corrected chi connectivity index (χ4v) is 1.05. The van der Waals surface area contributed by atoms with Crippen molar-refractivity contribution in [3.8, 4) is 0 Å². The molecule has 0 amide bonds. The van der Waals surface area contributed by atoms with Crippen molar-refractivity contribution in [1.82, 2.24) is 0 Å². The lowest BCUT2D eigenvalue weighted by atomic mass is 10.1. The highest BCUT2D eigenvalue weighted by Gasteiger charge is 2.05. The Kier molecular flexibility index (Phi) is 2.97. The minimum Gasteiger partial charge on any atom is -0.258 e. The molecule has 0 bridgehead atoms. The molecule has 14 heavy (non-hydrogen) atoms. The quantitative estimate of drug-likeness (QED) is 0.407. The normalized spacial score (nSPS) is 10.7. The van der Waals surface area contributed by atoms with Gasteiger partial charge >= 0.3 is 0 Å². The van der Waals surface area contributed by atoms with Crippen molar-refractivity contribution in [1.29, 1.82) is 0 Å². The van der Waals surface area contributed by atoms with Gasteiger partial charge in [-0.3, -0.25) is 10.1 Å². The van der Waals surface area contributed by atoms with E-state index in [1.165, 1.54) is 12.1 Å². The highest BCUT2D eigenvalue weighted by Crippen LogP contribution is 2.19. The first-order valence-corrected chi connectivity index (χ1v) is 3.97. The van der Waals surface area contributed by atoms with E-state index in [0.29, 0.717) is 11.3 Å². The minimum absolute atomic E-state index is 0.0363. The third kappa shape index (κ3) is 1.96. The average Bonchev–Trinajstić information content (AvgIpc) is 2.20. The van der Waals surface area contributed by atoms with Gasteiger partial charge in [0.1, 0.15) is 0 Å². The average molecular weight is 188 g/mol. The molecule has 0 aliphatic heterocycles. The van der Waals surface area contributed by atoms with Gasteiger partial charge in [0.25, 0.3) is 5.69 Å². The highest BCUT2D eigenvalue weighted by molar-refractivity contribution is 5.70. The highest BCUT2D eigenvalue weighted by atomic mass is 16.6. The Balaban J connectivity index is 3.07. The van der Waals surface area contributed by atoms with Gasteiger partial charge in [-0.05, 0) is 5.56 Å². The number of nitrogens with zero attached hydrogens (tertiary/aromatic N) is 2. The zero-order valence-electron chi connectivity index (χ0n) is 7.60. The SMILES string of the molecule is [C-]#[N+]C(=CC)c1ccc([N+](=O)[O-])cc1. The van der Waals surface area contributed by atoms with Crippen LogP contribution in [0.15, 0.2) is 30.3 Å². The molecule has 0 atom stereocenters. The molecule has 0 saturated carbocycles. The molecule has 0 fully saturated rings. The lowest BCUT2D eigenvalue weighted by Crippen LogP contribution is -1.87. The summed E-state index contributed by atoms with van der Waals surface area (Å²) in [5.74, 6) is 0. The zero-order valence-corrected chi connectivity index (χ0v) is 7.60. The van der Waals surface area contributed by atoms with Gasteiger partial charge in [0.15, 0.2) is 5.70 Å². The Morgan fingerprint density at radius 3 is 2.43 bits per heavy atom. The predicted octanol–water partition coefficient (Wildman–Crippen LogP) is 2.87. The zero-order chi connectivity index (χ0) is 10.6. The summed E-state index contributed by atoms with van der Waals surface area (Å²) in [6.45, 7) is 8.62. The van der Waals surface area contributed by atoms with Crippen molar-refractivity contribution < 1.29 is 4.92 Å². The Bertz CT molecular complexity index is 413. The van der Waals surface area contributed by atoms with Gasteiger partial charge in [0, 0.05) is 12.1 Å². The summed E-state index contributed by atoms with van der Waals surface area (Å²) < 4.78 is 0. The van der Waals surface area contributed by atoms with E-state index in [4.69, 9.17) is 6.57 Å². The fraction of sp³-hybridized carbons (Fsp3) is 0.100. The van der Waals surface area contributed by atoms with Crippen LogP contribution in [0.4, 0.5) is 5.69 Å². The van der Waals surface area contributed by atoms with Crippen molar-refractivity contribution >= 4 is 11.4 Å². The van der Waals surface area contributed by atoms with Crippen molar-refractivity contribution in [2.24, 2.45) is 0 Å². The van der Waals surface area contributed by atoms with Gasteiger partial charge in [-0.1, -0.05) is 25.1 Å². The molecule has 1 rings (SSSR count). The van der Waals surface area contributed by atoms with E-state index in [1.54, 1.807) is 25.1 Å². The van der Waals surface area contributed by atoms with Crippen LogP contribution in [0.5, 0.6) is 0 Å². The van der Waals surface area contributed by atoms with E-state index in [2.05, 4.69) is 4.85 Å². The monoisotopic (exact) mass is 188 g/mol. The second-order valence-corrected chi connectivity index (χ2v) is 2.59. The van der Waals surface area contributed by atoms with Crippen molar-refractivity contribution in [3.63, 3.8) is 0 Å². The molecule has 0 radical (unpaired) electrons. The number of nitro benzene ring substituents is 1. The van der Waals surface area contributed by atoms with E-state index in [1.807, 2.05) is 0 Å². The molecule has 0 heterocycles. The molecule has 1 aromatic carbocycles. The Labute approximate surface area is 81.5 Å². The second-order valence-electron chi connectivity index (χ2n) is 2.59. The summed E-state index contributed by atoms with van der Waals surface area (Å²) in [4.78, 5) is 13.2. The van der Waals surface area contributed by atoms with Gasteiger partial charge in [0.2, 0.25) is 0 Å². The second kappa shape index (κ2) is 4.19. The number of non-ortho nitro benzene ring substituents is 1. The molecule has 0 saturated heterocycles. The Morgan fingerprint density at radius 2 is 2.07 bits per heavy atom. The first-order valence-electron chi connectivity index (χ1n) is 3.97. The maximum absolute atomic E-state index is 10.4. The van der Waals surface area contributed by atoms with E-state index >= 15 is 0 Å². The van der Waals surface area contributed by atoms with Gasteiger partial charge in [-0.25, -0.2) is 4.85 Å². The maximum Gasteiger partial charge on any atom is 0.269 e. The largest absolute Gasteiger partial charge is 0.269 e. The van der Waals surface area contributed by atoms with Gasteiger partial charge in [0.05, 0.1) is 11.5 Å². The standard InChI is InChI=1S/C10H8N2O2/c1-3-10(11-2)8-4-6-9(7-5-8)12(13)14/h3-7H,1H3. The van der Waals surface area contributed by atoms with Crippen LogP contribution in [0.2, 0.25) is 0 Å². The van der Waals surface area contributed by atoms with Crippen LogP contribution in [-0.2, 0) is 0 Å². The van der Waals surface area contributed by atoms with E-state index in [-0.39, 0.29) is 5.69 Å².